The van der Waals surface area contributed by atoms with Crippen molar-refractivity contribution >= 4 is 17.6 Å². The van der Waals surface area contributed by atoms with Gasteiger partial charge >= 0.3 is 5.97 Å². The van der Waals surface area contributed by atoms with Crippen molar-refractivity contribution in [3.05, 3.63) is 46.7 Å². The molecular formula is C11H10ClN3O2. The molecule has 0 saturated heterocycles. The molecule has 1 aromatic carbocycles. The summed E-state index contributed by atoms with van der Waals surface area (Å²) in [5.41, 5.74) is 1.35. The van der Waals surface area contributed by atoms with Gasteiger partial charge in [0.2, 0.25) is 0 Å². The maximum Gasteiger partial charge on any atom is 0.309 e. The molecule has 5 nitrogen and oxygen atoms in total. The van der Waals surface area contributed by atoms with E-state index in [1.54, 1.807) is 16.9 Å². The molecule has 2 rings (SSSR count). The molecule has 0 aliphatic rings. The van der Waals surface area contributed by atoms with Crippen molar-refractivity contribution in [3.63, 3.8) is 0 Å². The van der Waals surface area contributed by atoms with Gasteiger partial charge in [-0.3, -0.25) is 4.79 Å². The van der Waals surface area contributed by atoms with E-state index in [0.29, 0.717) is 17.3 Å². The predicted octanol–water partition coefficient (Wildman–Crippen LogP) is 1.61. The first kappa shape index (κ1) is 11.6. The summed E-state index contributed by atoms with van der Waals surface area (Å²) >= 11 is 6.01. The van der Waals surface area contributed by atoms with Crippen LogP contribution in [0.1, 0.15) is 11.3 Å². The van der Waals surface area contributed by atoms with Crippen molar-refractivity contribution in [2.75, 3.05) is 0 Å². The van der Waals surface area contributed by atoms with Gasteiger partial charge in [-0.25, -0.2) is 4.68 Å². The lowest BCUT2D eigenvalue weighted by Crippen LogP contribution is -2.01. The molecule has 0 aliphatic heterocycles. The van der Waals surface area contributed by atoms with Gasteiger partial charge in [-0.1, -0.05) is 35.0 Å². The first-order valence-electron chi connectivity index (χ1n) is 4.99. The third-order valence-corrected chi connectivity index (χ3v) is 2.58. The highest BCUT2D eigenvalue weighted by Crippen LogP contribution is 2.15. The quantitative estimate of drug-likeness (QED) is 0.896. The zero-order valence-corrected chi connectivity index (χ0v) is 9.63. The smallest absolute Gasteiger partial charge is 0.309 e. The van der Waals surface area contributed by atoms with E-state index in [1.165, 1.54) is 0 Å². The third-order valence-electron chi connectivity index (χ3n) is 2.21. The lowest BCUT2D eigenvalue weighted by atomic mass is 10.2. The Bertz CT molecular complexity index is 539. The highest BCUT2D eigenvalue weighted by Gasteiger charge is 2.06. The lowest BCUT2D eigenvalue weighted by Gasteiger charge is -2.02. The largest absolute Gasteiger partial charge is 0.481 e. The summed E-state index contributed by atoms with van der Waals surface area (Å²) in [5.74, 6) is -0.921. The van der Waals surface area contributed by atoms with Crippen molar-refractivity contribution in [2.24, 2.45) is 0 Å². The number of aromatic nitrogens is 3. The molecule has 0 saturated carbocycles. The van der Waals surface area contributed by atoms with Gasteiger partial charge in [0, 0.05) is 11.2 Å². The molecule has 88 valence electrons. The van der Waals surface area contributed by atoms with Crippen molar-refractivity contribution < 1.29 is 9.90 Å². The molecule has 0 fully saturated rings. The van der Waals surface area contributed by atoms with Gasteiger partial charge in [0.1, 0.15) is 0 Å². The number of aliphatic carboxylic acids is 1. The maximum atomic E-state index is 10.5. The molecule has 1 aromatic heterocycles. The van der Waals surface area contributed by atoms with E-state index in [9.17, 15) is 4.79 Å². The van der Waals surface area contributed by atoms with Crippen LogP contribution in [0.5, 0.6) is 0 Å². The summed E-state index contributed by atoms with van der Waals surface area (Å²) in [7, 11) is 0. The number of carboxylic acids is 1. The summed E-state index contributed by atoms with van der Waals surface area (Å²) in [6.07, 6.45) is 1.49. The van der Waals surface area contributed by atoms with Gasteiger partial charge in [-0.05, 0) is 11.6 Å². The van der Waals surface area contributed by atoms with Crippen LogP contribution < -0.4 is 0 Å². The average molecular weight is 252 g/mol. The lowest BCUT2D eigenvalue weighted by molar-refractivity contribution is -0.136. The Kier molecular flexibility index (Phi) is 3.39. The number of benzene rings is 1. The minimum Gasteiger partial charge on any atom is -0.481 e. The Morgan fingerprint density at radius 2 is 2.18 bits per heavy atom. The molecule has 1 N–H and O–H groups in total. The number of halogens is 1. The van der Waals surface area contributed by atoms with Crippen molar-refractivity contribution in [1.82, 2.24) is 15.0 Å². The van der Waals surface area contributed by atoms with Gasteiger partial charge in [-0.2, -0.15) is 0 Å². The molecule has 6 heteroatoms. The van der Waals surface area contributed by atoms with Crippen LogP contribution in [0.3, 0.4) is 0 Å². The summed E-state index contributed by atoms with van der Waals surface area (Å²) in [5, 5.41) is 16.9. The second kappa shape index (κ2) is 4.97. The topological polar surface area (TPSA) is 68.0 Å². The molecule has 0 aliphatic carbocycles. The van der Waals surface area contributed by atoms with Crippen LogP contribution in [-0.2, 0) is 17.8 Å². The number of rotatable bonds is 4. The van der Waals surface area contributed by atoms with Crippen LogP contribution in [0.15, 0.2) is 30.5 Å². The first-order chi connectivity index (χ1) is 8.15. The number of hydrogen-bond acceptors (Lipinski definition) is 3. The van der Waals surface area contributed by atoms with Gasteiger partial charge in [0.25, 0.3) is 0 Å². The molecule has 0 atom stereocenters. The molecule has 0 bridgehead atoms. The van der Waals surface area contributed by atoms with E-state index in [2.05, 4.69) is 10.3 Å². The summed E-state index contributed by atoms with van der Waals surface area (Å²) in [4.78, 5) is 10.5. The fraction of sp³-hybridized carbons (Fsp3) is 0.182. The molecule has 1 heterocycles. The van der Waals surface area contributed by atoms with E-state index in [0.717, 1.165) is 5.56 Å². The molecule has 17 heavy (non-hydrogen) atoms. The van der Waals surface area contributed by atoms with Crippen LogP contribution in [0.4, 0.5) is 0 Å². The van der Waals surface area contributed by atoms with E-state index >= 15 is 0 Å². The number of nitrogens with zero attached hydrogens (tertiary/aromatic N) is 3. The Labute approximate surface area is 103 Å². The van der Waals surface area contributed by atoms with Crippen LogP contribution in [0.25, 0.3) is 0 Å². The Morgan fingerprint density at radius 1 is 1.41 bits per heavy atom. The molecule has 0 amide bonds. The average Bonchev–Trinajstić information content (AvgIpc) is 2.68. The van der Waals surface area contributed by atoms with Crippen molar-refractivity contribution in [2.45, 2.75) is 13.0 Å². The van der Waals surface area contributed by atoms with Crippen molar-refractivity contribution in [1.29, 1.82) is 0 Å². The van der Waals surface area contributed by atoms with Crippen molar-refractivity contribution in [3.8, 4) is 0 Å². The Morgan fingerprint density at radius 3 is 2.88 bits per heavy atom. The highest BCUT2D eigenvalue weighted by atomic mass is 35.5. The monoisotopic (exact) mass is 251 g/mol. The first-order valence-corrected chi connectivity index (χ1v) is 5.37. The van der Waals surface area contributed by atoms with Gasteiger partial charge in [-0.15, -0.1) is 5.10 Å². The fourth-order valence-corrected chi connectivity index (χ4v) is 1.65. The highest BCUT2D eigenvalue weighted by molar-refractivity contribution is 6.31. The number of carboxylic acid groups (broad SMARTS) is 1. The summed E-state index contributed by atoms with van der Waals surface area (Å²) < 4.78 is 1.57. The molecule has 0 unspecified atom stereocenters. The third kappa shape index (κ3) is 3.04. The zero-order chi connectivity index (χ0) is 12.3. The van der Waals surface area contributed by atoms with Gasteiger partial charge in [0.15, 0.2) is 0 Å². The predicted molar refractivity (Wildman–Crippen MR) is 61.9 cm³/mol. The zero-order valence-electron chi connectivity index (χ0n) is 8.88. The number of carbonyl (C=O) groups is 1. The van der Waals surface area contributed by atoms with E-state index in [-0.39, 0.29) is 6.42 Å². The van der Waals surface area contributed by atoms with Crippen LogP contribution in [-0.4, -0.2) is 26.1 Å². The maximum absolute atomic E-state index is 10.5. The van der Waals surface area contributed by atoms with Crippen LogP contribution in [0.2, 0.25) is 5.02 Å². The van der Waals surface area contributed by atoms with Gasteiger partial charge < -0.3 is 5.11 Å². The van der Waals surface area contributed by atoms with Gasteiger partial charge in [0.05, 0.1) is 18.7 Å². The van der Waals surface area contributed by atoms with E-state index < -0.39 is 5.97 Å². The van der Waals surface area contributed by atoms with E-state index in [1.807, 2.05) is 18.2 Å². The standard InChI is InChI=1S/C11H10ClN3O2/c12-10-4-2-1-3-8(10)6-15-7-9(13-14-15)5-11(16)17/h1-4,7H,5-6H2,(H,16,17). The second-order valence-corrected chi connectivity index (χ2v) is 3.98. The molecule has 0 spiro atoms. The normalized spacial score (nSPS) is 10.4. The second-order valence-electron chi connectivity index (χ2n) is 3.57. The number of hydrogen-bond donors (Lipinski definition) is 1. The Balaban J connectivity index is 2.12. The SMILES string of the molecule is O=C(O)Cc1cn(Cc2ccccc2Cl)nn1. The van der Waals surface area contributed by atoms with E-state index in [4.69, 9.17) is 16.7 Å². The van der Waals surface area contributed by atoms with Crippen LogP contribution in [0, 0.1) is 0 Å². The minimum absolute atomic E-state index is 0.122. The summed E-state index contributed by atoms with van der Waals surface area (Å²) in [6.45, 7) is 0.478. The Hall–Kier alpha value is -1.88. The fourth-order valence-electron chi connectivity index (χ4n) is 1.45. The summed E-state index contributed by atoms with van der Waals surface area (Å²) in [6, 6.07) is 7.42. The molecule has 0 radical (unpaired) electrons. The minimum atomic E-state index is -0.921. The molecule has 2 aromatic rings. The van der Waals surface area contributed by atoms with Crippen LogP contribution >= 0.6 is 11.6 Å². The molecular weight excluding hydrogens is 242 g/mol.